The summed E-state index contributed by atoms with van der Waals surface area (Å²) in [5.74, 6) is 0.949. The fourth-order valence-corrected chi connectivity index (χ4v) is 1.79. The Labute approximate surface area is 122 Å². The van der Waals surface area contributed by atoms with Gasteiger partial charge in [-0.3, -0.25) is 4.79 Å². The van der Waals surface area contributed by atoms with Gasteiger partial charge in [0, 0.05) is 12.6 Å². The number of hydrogen-bond acceptors (Lipinski definition) is 1. The van der Waals surface area contributed by atoms with Crippen LogP contribution in [0.5, 0.6) is 0 Å². The van der Waals surface area contributed by atoms with E-state index in [1.54, 1.807) is 12.2 Å². The standard InChI is InChI=1S/C18H25NO/c1-15(2)14-19-18(20)13-9-4-6-10-16(3)17-11-7-5-8-12-17/h4-9,11-13,15-16H,10,14H2,1-3H3,(H,19,20)/b6-4-,13-9+. The van der Waals surface area contributed by atoms with Crippen LogP contribution < -0.4 is 5.32 Å². The van der Waals surface area contributed by atoms with Crippen LogP contribution in [0.25, 0.3) is 0 Å². The van der Waals surface area contributed by atoms with Gasteiger partial charge in [0.25, 0.3) is 0 Å². The second-order valence-corrected chi connectivity index (χ2v) is 5.47. The Morgan fingerprint density at radius 2 is 1.85 bits per heavy atom. The van der Waals surface area contributed by atoms with Gasteiger partial charge in [0.2, 0.25) is 5.91 Å². The van der Waals surface area contributed by atoms with Gasteiger partial charge >= 0.3 is 0 Å². The zero-order valence-electron chi connectivity index (χ0n) is 12.7. The van der Waals surface area contributed by atoms with Gasteiger partial charge in [0.1, 0.15) is 0 Å². The Kier molecular flexibility index (Phi) is 7.41. The van der Waals surface area contributed by atoms with Crippen LogP contribution in [0.2, 0.25) is 0 Å². The third-order valence-corrected chi connectivity index (χ3v) is 3.04. The highest BCUT2D eigenvalue weighted by Crippen LogP contribution is 2.18. The second kappa shape index (κ2) is 9.13. The van der Waals surface area contributed by atoms with E-state index in [-0.39, 0.29) is 5.91 Å². The molecule has 0 heterocycles. The van der Waals surface area contributed by atoms with Crippen LogP contribution in [0.1, 0.15) is 38.7 Å². The predicted molar refractivity (Wildman–Crippen MR) is 85.6 cm³/mol. The zero-order chi connectivity index (χ0) is 14.8. The smallest absolute Gasteiger partial charge is 0.243 e. The Bertz CT molecular complexity index is 446. The number of nitrogens with one attached hydrogen (secondary N) is 1. The molecule has 0 fully saturated rings. The van der Waals surface area contributed by atoms with Crippen molar-refractivity contribution in [3.05, 3.63) is 60.2 Å². The molecule has 0 aromatic heterocycles. The van der Waals surface area contributed by atoms with Gasteiger partial charge in [-0.1, -0.05) is 69.3 Å². The molecule has 0 bridgehead atoms. The fourth-order valence-electron chi connectivity index (χ4n) is 1.79. The number of hydrogen-bond donors (Lipinski definition) is 1. The SMILES string of the molecule is CC(C)CNC(=O)/C=C/C=C\CC(C)c1ccccc1. The Balaban J connectivity index is 2.29. The molecule has 1 amide bonds. The summed E-state index contributed by atoms with van der Waals surface area (Å²) in [4.78, 5) is 11.4. The first kappa shape index (κ1) is 16.2. The molecule has 1 rings (SSSR count). The van der Waals surface area contributed by atoms with Gasteiger partial charge in [-0.25, -0.2) is 0 Å². The number of amides is 1. The van der Waals surface area contributed by atoms with Crippen molar-refractivity contribution in [3.8, 4) is 0 Å². The van der Waals surface area contributed by atoms with Crippen molar-refractivity contribution in [2.75, 3.05) is 6.54 Å². The largest absolute Gasteiger partial charge is 0.352 e. The van der Waals surface area contributed by atoms with Crippen LogP contribution in [0.4, 0.5) is 0 Å². The van der Waals surface area contributed by atoms with Gasteiger partial charge < -0.3 is 5.32 Å². The first-order chi connectivity index (χ1) is 9.59. The molecule has 0 spiro atoms. The highest BCUT2D eigenvalue weighted by atomic mass is 16.1. The molecule has 0 saturated carbocycles. The van der Waals surface area contributed by atoms with Crippen LogP contribution >= 0.6 is 0 Å². The predicted octanol–water partition coefficient (Wildman–Crippen LogP) is 4.06. The minimum absolute atomic E-state index is 0.0283. The third-order valence-electron chi connectivity index (χ3n) is 3.04. The molecular weight excluding hydrogens is 246 g/mol. The van der Waals surface area contributed by atoms with Gasteiger partial charge in [-0.2, -0.15) is 0 Å². The van der Waals surface area contributed by atoms with E-state index < -0.39 is 0 Å². The lowest BCUT2D eigenvalue weighted by molar-refractivity contribution is -0.116. The minimum Gasteiger partial charge on any atom is -0.352 e. The molecule has 1 unspecified atom stereocenters. The highest BCUT2D eigenvalue weighted by molar-refractivity contribution is 5.87. The number of rotatable bonds is 7. The van der Waals surface area contributed by atoms with Gasteiger partial charge in [0.05, 0.1) is 0 Å². The fraction of sp³-hybridized carbons (Fsp3) is 0.389. The summed E-state index contributed by atoms with van der Waals surface area (Å²) < 4.78 is 0. The molecular formula is C18H25NO. The van der Waals surface area contributed by atoms with Crippen molar-refractivity contribution in [2.45, 2.75) is 33.1 Å². The molecule has 2 nitrogen and oxygen atoms in total. The van der Waals surface area contributed by atoms with Gasteiger partial charge in [-0.15, -0.1) is 0 Å². The Morgan fingerprint density at radius 1 is 1.15 bits per heavy atom. The maximum atomic E-state index is 11.4. The summed E-state index contributed by atoms with van der Waals surface area (Å²) in [6.45, 7) is 7.08. The number of allylic oxidation sites excluding steroid dienone is 3. The van der Waals surface area contributed by atoms with Gasteiger partial charge in [0.15, 0.2) is 0 Å². The Morgan fingerprint density at radius 3 is 2.50 bits per heavy atom. The molecule has 1 aromatic rings. The van der Waals surface area contributed by atoms with E-state index in [1.165, 1.54) is 5.56 Å². The number of benzene rings is 1. The molecule has 0 radical (unpaired) electrons. The summed E-state index contributed by atoms with van der Waals surface area (Å²) >= 11 is 0. The van der Waals surface area contributed by atoms with E-state index in [1.807, 2.05) is 12.1 Å². The van der Waals surface area contributed by atoms with E-state index >= 15 is 0 Å². The monoisotopic (exact) mass is 271 g/mol. The Hall–Kier alpha value is -1.83. The lowest BCUT2D eigenvalue weighted by Crippen LogP contribution is -2.25. The second-order valence-electron chi connectivity index (χ2n) is 5.47. The van der Waals surface area contributed by atoms with Crippen LogP contribution in [-0.4, -0.2) is 12.5 Å². The molecule has 1 aromatic carbocycles. The van der Waals surface area contributed by atoms with Crippen LogP contribution in [0.15, 0.2) is 54.6 Å². The maximum Gasteiger partial charge on any atom is 0.243 e. The van der Waals surface area contributed by atoms with E-state index in [2.05, 4.69) is 56.4 Å². The van der Waals surface area contributed by atoms with Crippen molar-refractivity contribution < 1.29 is 4.79 Å². The lowest BCUT2D eigenvalue weighted by atomic mass is 9.98. The molecule has 0 aliphatic carbocycles. The summed E-state index contributed by atoms with van der Waals surface area (Å²) in [6.07, 6.45) is 8.39. The third kappa shape index (κ3) is 6.93. The first-order valence-electron chi connectivity index (χ1n) is 7.25. The van der Waals surface area contributed by atoms with Crippen molar-refractivity contribution in [3.63, 3.8) is 0 Å². The van der Waals surface area contributed by atoms with Crippen molar-refractivity contribution >= 4 is 5.91 Å². The van der Waals surface area contributed by atoms with Crippen molar-refractivity contribution in [1.82, 2.24) is 5.32 Å². The molecule has 0 aliphatic rings. The van der Waals surface area contributed by atoms with Crippen molar-refractivity contribution in [2.24, 2.45) is 5.92 Å². The van der Waals surface area contributed by atoms with E-state index in [4.69, 9.17) is 0 Å². The average Bonchev–Trinajstić information content (AvgIpc) is 2.45. The normalized spacial score (nSPS) is 13.2. The molecule has 0 aliphatic heterocycles. The average molecular weight is 271 g/mol. The summed E-state index contributed by atoms with van der Waals surface area (Å²) in [5, 5.41) is 2.85. The molecule has 0 saturated heterocycles. The minimum atomic E-state index is -0.0283. The van der Waals surface area contributed by atoms with Crippen LogP contribution in [0.3, 0.4) is 0 Å². The highest BCUT2D eigenvalue weighted by Gasteiger charge is 2.01. The number of carbonyl (C=O) groups is 1. The van der Waals surface area contributed by atoms with Crippen LogP contribution in [-0.2, 0) is 4.79 Å². The van der Waals surface area contributed by atoms with E-state index in [9.17, 15) is 4.79 Å². The van der Waals surface area contributed by atoms with Crippen LogP contribution in [0, 0.1) is 5.92 Å². The summed E-state index contributed by atoms with van der Waals surface area (Å²) in [7, 11) is 0. The molecule has 1 atom stereocenters. The molecule has 2 heteroatoms. The summed E-state index contributed by atoms with van der Waals surface area (Å²) in [5.41, 5.74) is 1.34. The van der Waals surface area contributed by atoms with Crippen molar-refractivity contribution in [1.29, 1.82) is 0 Å². The van der Waals surface area contributed by atoms with Gasteiger partial charge in [-0.05, 0) is 23.8 Å². The number of carbonyl (C=O) groups excluding carboxylic acids is 1. The summed E-state index contributed by atoms with van der Waals surface area (Å²) in [6, 6.07) is 10.5. The quantitative estimate of drug-likeness (QED) is 0.588. The molecule has 1 N–H and O–H groups in total. The maximum absolute atomic E-state index is 11.4. The topological polar surface area (TPSA) is 29.1 Å². The molecule has 108 valence electrons. The zero-order valence-corrected chi connectivity index (χ0v) is 12.7. The van der Waals surface area contributed by atoms with E-state index in [0.717, 1.165) is 13.0 Å². The first-order valence-corrected chi connectivity index (χ1v) is 7.25. The molecule has 20 heavy (non-hydrogen) atoms. The van der Waals surface area contributed by atoms with E-state index in [0.29, 0.717) is 11.8 Å². The lowest BCUT2D eigenvalue weighted by Gasteiger charge is -2.07.